The van der Waals surface area contributed by atoms with E-state index >= 15 is 0 Å². The molecule has 0 aromatic heterocycles. The second-order valence-electron chi connectivity index (χ2n) is 9.55. The summed E-state index contributed by atoms with van der Waals surface area (Å²) in [5, 5.41) is 0.195. The molecule has 0 radical (unpaired) electrons. The lowest BCUT2D eigenvalue weighted by Crippen LogP contribution is -2.27. The third-order valence-corrected chi connectivity index (χ3v) is 5.61. The summed E-state index contributed by atoms with van der Waals surface area (Å²) in [6.07, 6.45) is 7.08. The van der Waals surface area contributed by atoms with Gasteiger partial charge in [0.15, 0.2) is 5.78 Å². The molecule has 0 heterocycles. The van der Waals surface area contributed by atoms with Crippen LogP contribution < -0.4 is 4.90 Å². The Hall–Kier alpha value is -1.91. The first-order chi connectivity index (χ1) is 14.6. The molecule has 1 aromatic rings. The fourth-order valence-electron chi connectivity index (χ4n) is 3.84. The van der Waals surface area contributed by atoms with Crippen LogP contribution in [0.25, 0.3) is 0 Å². The number of aliphatic imine (C=N–C) groups is 1. The molecule has 0 bridgehead atoms. The molecule has 1 aliphatic carbocycles. The van der Waals surface area contributed by atoms with E-state index in [-0.39, 0.29) is 10.8 Å². The number of hydrogen-bond donors (Lipinski definition) is 0. The number of halogens is 1. The maximum Gasteiger partial charge on any atom is 0.197 e. The van der Waals surface area contributed by atoms with Crippen molar-refractivity contribution in [3.05, 3.63) is 47.0 Å². The minimum Gasteiger partial charge on any atom is -0.380 e. The van der Waals surface area contributed by atoms with E-state index in [1.54, 1.807) is 12.2 Å². The number of hydrogen-bond acceptors (Lipinski definition) is 4. The quantitative estimate of drug-likeness (QED) is 0.300. The highest BCUT2D eigenvalue weighted by molar-refractivity contribution is 6.47. The van der Waals surface area contributed by atoms with Gasteiger partial charge in [-0.25, -0.2) is 4.99 Å². The lowest BCUT2D eigenvalue weighted by Gasteiger charge is -2.25. The molecule has 0 N–H and O–H groups in total. The van der Waals surface area contributed by atoms with Crippen LogP contribution >= 0.6 is 11.6 Å². The van der Waals surface area contributed by atoms with Crippen molar-refractivity contribution in [3.63, 3.8) is 0 Å². The van der Waals surface area contributed by atoms with Gasteiger partial charge in [-0.15, -0.1) is 0 Å². The third-order valence-electron chi connectivity index (χ3n) is 5.31. The number of ketones is 1. The number of allylic oxidation sites excluding steroid dienone is 4. The topological polar surface area (TPSA) is 41.9 Å². The molecule has 0 amide bonds. The summed E-state index contributed by atoms with van der Waals surface area (Å²) in [4.78, 5) is 18.4. The summed E-state index contributed by atoms with van der Waals surface area (Å²) in [5.74, 6) is 0.498. The smallest absolute Gasteiger partial charge is 0.197 e. The lowest BCUT2D eigenvalue weighted by molar-refractivity contribution is -0.110. The Balaban J connectivity index is 1.89. The first-order valence-corrected chi connectivity index (χ1v) is 11.6. The number of anilines is 1. The molecule has 1 aromatic carbocycles. The van der Waals surface area contributed by atoms with Gasteiger partial charge in [0.05, 0.1) is 23.0 Å². The summed E-state index contributed by atoms with van der Waals surface area (Å²) in [5.41, 5.74) is 4.17. The molecule has 1 unspecified atom stereocenters. The van der Waals surface area contributed by atoms with Crippen LogP contribution in [0.15, 0.2) is 46.5 Å². The highest BCUT2D eigenvalue weighted by atomic mass is 35.5. The number of benzene rings is 1. The number of carbonyl (C=O) groups is 1. The molecule has 5 heteroatoms. The van der Waals surface area contributed by atoms with Crippen molar-refractivity contribution in [2.24, 2.45) is 16.3 Å². The van der Waals surface area contributed by atoms with Crippen LogP contribution in [0.2, 0.25) is 0 Å². The van der Waals surface area contributed by atoms with Crippen molar-refractivity contribution in [2.45, 2.75) is 54.4 Å². The zero-order chi connectivity index (χ0) is 23.0. The Morgan fingerprint density at radius 3 is 2.55 bits per heavy atom. The van der Waals surface area contributed by atoms with Gasteiger partial charge in [-0.3, -0.25) is 4.79 Å². The zero-order valence-electron chi connectivity index (χ0n) is 19.9. The van der Waals surface area contributed by atoms with E-state index in [4.69, 9.17) is 16.3 Å². The number of likely N-dealkylation sites (N-methyl/N-ethyl adjacent to an activating group) is 1. The molecule has 2 rings (SSSR count). The van der Waals surface area contributed by atoms with Gasteiger partial charge in [-0.2, -0.15) is 0 Å². The molecule has 1 aliphatic rings. The van der Waals surface area contributed by atoms with Crippen molar-refractivity contribution in [1.82, 2.24) is 0 Å². The molecule has 170 valence electrons. The van der Waals surface area contributed by atoms with Gasteiger partial charge in [0.2, 0.25) is 0 Å². The number of aryl methyl sites for hydroxylation is 1. The highest BCUT2D eigenvalue weighted by Crippen LogP contribution is 2.27. The Morgan fingerprint density at radius 1 is 1.19 bits per heavy atom. The molecular formula is C26H37ClN2O2. The van der Waals surface area contributed by atoms with Gasteiger partial charge in [0.1, 0.15) is 0 Å². The molecular weight excluding hydrogens is 408 g/mol. The van der Waals surface area contributed by atoms with Crippen LogP contribution in [-0.2, 0) is 9.53 Å². The van der Waals surface area contributed by atoms with Crippen LogP contribution in [0.3, 0.4) is 0 Å². The van der Waals surface area contributed by atoms with Crippen LogP contribution in [0.5, 0.6) is 0 Å². The van der Waals surface area contributed by atoms with E-state index in [0.717, 1.165) is 49.7 Å². The molecule has 4 nitrogen and oxygen atoms in total. The van der Waals surface area contributed by atoms with Crippen LogP contribution in [0.4, 0.5) is 11.4 Å². The summed E-state index contributed by atoms with van der Waals surface area (Å²) in [7, 11) is 0. The summed E-state index contributed by atoms with van der Waals surface area (Å²) in [6, 6.07) is 6.25. The van der Waals surface area contributed by atoms with E-state index in [0.29, 0.717) is 17.0 Å². The molecule has 0 saturated heterocycles. The number of rotatable bonds is 10. The molecule has 0 fully saturated rings. The van der Waals surface area contributed by atoms with Crippen molar-refractivity contribution in [2.75, 3.05) is 31.2 Å². The Morgan fingerprint density at radius 2 is 1.94 bits per heavy atom. The first-order valence-electron chi connectivity index (χ1n) is 11.2. The average molecular weight is 445 g/mol. The van der Waals surface area contributed by atoms with Gasteiger partial charge >= 0.3 is 0 Å². The van der Waals surface area contributed by atoms with Crippen LogP contribution in [0, 0.1) is 18.3 Å². The largest absolute Gasteiger partial charge is 0.380 e. The zero-order valence-corrected chi connectivity index (χ0v) is 20.6. The maximum absolute atomic E-state index is 11.5. The predicted molar refractivity (Wildman–Crippen MR) is 133 cm³/mol. The lowest BCUT2D eigenvalue weighted by atomic mass is 9.84. The average Bonchev–Trinajstić information content (AvgIpc) is 2.68. The Kier molecular flexibility index (Phi) is 9.52. The SMILES string of the molecule is CCN(CCOCCC(C)CC(C)(C)C)c1ccc(N=C2C=CC(=O)C(Cl)=C2)c(C)c1. The van der Waals surface area contributed by atoms with Crippen molar-refractivity contribution >= 4 is 34.5 Å². The van der Waals surface area contributed by atoms with Gasteiger partial charge in [0, 0.05) is 25.4 Å². The number of ether oxygens (including phenoxy) is 1. The van der Waals surface area contributed by atoms with Gasteiger partial charge < -0.3 is 9.64 Å². The minimum absolute atomic E-state index is 0.183. The van der Waals surface area contributed by atoms with Crippen LogP contribution in [0.1, 0.15) is 53.0 Å². The molecule has 0 saturated carbocycles. The van der Waals surface area contributed by atoms with Crippen molar-refractivity contribution in [3.8, 4) is 0 Å². The Bertz CT molecular complexity index is 849. The Labute approximate surface area is 193 Å². The fraction of sp³-hybridized carbons (Fsp3) is 0.538. The predicted octanol–water partition coefficient (Wildman–Crippen LogP) is 6.63. The molecule has 0 spiro atoms. The molecule has 0 aliphatic heterocycles. The molecule has 1 atom stereocenters. The second-order valence-corrected chi connectivity index (χ2v) is 9.96. The summed E-state index contributed by atoms with van der Waals surface area (Å²) >= 11 is 5.93. The van der Waals surface area contributed by atoms with Gasteiger partial charge in [-0.1, -0.05) is 39.3 Å². The van der Waals surface area contributed by atoms with E-state index in [9.17, 15) is 4.79 Å². The monoisotopic (exact) mass is 444 g/mol. The van der Waals surface area contributed by atoms with Crippen molar-refractivity contribution in [1.29, 1.82) is 0 Å². The standard InChI is InChI=1S/C26H37ClN2O2/c1-7-29(13-15-31-14-12-19(2)18-26(4,5)6)22-9-10-24(20(3)16-22)28-21-8-11-25(30)23(27)17-21/h8-11,16-17,19H,7,12-15,18H2,1-6H3. The van der Waals surface area contributed by atoms with Gasteiger partial charge in [-0.05, 0) is 80.0 Å². The number of nitrogens with zero attached hydrogens (tertiary/aromatic N) is 2. The fourth-order valence-corrected chi connectivity index (χ4v) is 4.01. The summed E-state index contributed by atoms with van der Waals surface area (Å²) < 4.78 is 5.93. The van der Waals surface area contributed by atoms with Gasteiger partial charge in [0.25, 0.3) is 0 Å². The minimum atomic E-state index is -0.183. The summed E-state index contributed by atoms with van der Waals surface area (Å²) in [6.45, 7) is 16.7. The molecule has 31 heavy (non-hydrogen) atoms. The third kappa shape index (κ3) is 8.62. The van der Waals surface area contributed by atoms with E-state index in [2.05, 4.69) is 56.6 Å². The van der Waals surface area contributed by atoms with E-state index < -0.39 is 0 Å². The van der Waals surface area contributed by atoms with E-state index in [1.165, 1.54) is 12.5 Å². The van der Waals surface area contributed by atoms with Crippen LogP contribution in [-0.4, -0.2) is 37.8 Å². The maximum atomic E-state index is 11.5. The normalized spacial score (nSPS) is 16.5. The van der Waals surface area contributed by atoms with Crippen molar-refractivity contribution < 1.29 is 9.53 Å². The first kappa shape index (κ1) is 25.4. The van der Waals surface area contributed by atoms with E-state index in [1.807, 2.05) is 13.0 Å². The second kappa shape index (κ2) is 11.6. The highest BCUT2D eigenvalue weighted by Gasteiger charge is 2.15. The number of carbonyl (C=O) groups excluding carboxylic acids is 1.